The van der Waals surface area contributed by atoms with E-state index in [0.717, 1.165) is 63.4 Å². The van der Waals surface area contributed by atoms with Crippen LogP contribution in [0.25, 0.3) is 17.0 Å². The maximum Gasteiger partial charge on any atom is 0.294 e. The molecule has 3 saturated heterocycles. The van der Waals surface area contributed by atoms with Gasteiger partial charge in [-0.1, -0.05) is 15.9 Å². The van der Waals surface area contributed by atoms with E-state index in [1.165, 1.54) is 0 Å². The second-order valence-electron chi connectivity index (χ2n) is 9.57. The predicted molar refractivity (Wildman–Crippen MR) is 145 cm³/mol. The van der Waals surface area contributed by atoms with Crippen LogP contribution in [0.4, 0.5) is 4.79 Å². The van der Waals surface area contributed by atoms with Crippen molar-refractivity contribution in [2.24, 2.45) is 0 Å². The molecule has 4 heterocycles. The molecule has 0 unspecified atom stereocenters. The smallest absolute Gasteiger partial charge is 0.294 e. The first-order valence-corrected chi connectivity index (χ1v) is 14.1. The number of nitrogens with zero attached hydrogens (tertiary/aromatic N) is 4. The molecule has 0 saturated carbocycles. The van der Waals surface area contributed by atoms with E-state index in [0.29, 0.717) is 26.3 Å². The lowest BCUT2D eigenvalue weighted by atomic mass is 10.0. The summed E-state index contributed by atoms with van der Waals surface area (Å²) >= 11 is 4.35. The molecule has 196 valence electrons. The van der Waals surface area contributed by atoms with Crippen molar-refractivity contribution in [3.05, 3.63) is 39.3 Å². The highest BCUT2D eigenvalue weighted by molar-refractivity contribution is 9.10. The fourth-order valence-electron chi connectivity index (χ4n) is 5.07. The zero-order valence-corrected chi connectivity index (χ0v) is 23.1. The Balaban J connectivity index is 1.39. The molecule has 1 aromatic carbocycles. The molecule has 3 fully saturated rings. The molecule has 0 spiro atoms. The fourth-order valence-corrected chi connectivity index (χ4v) is 6.26. The first-order chi connectivity index (χ1) is 17.8. The highest BCUT2D eigenvalue weighted by Gasteiger charge is 2.37. The van der Waals surface area contributed by atoms with Gasteiger partial charge in [-0.15, -0.1) is 0 Å². The van der Waals surface area contributed by atoms with Gasteiger partial charge in [0.25, 0.3) is 11.1 Å². The number of rotatable bonds is 5. The maximum absolute atomic E-state index is 13.1. The Hall–Kier alpha value is -2.63. The Morgan fingerprint density at radius 2 is 1.89 bits per heavy atom. The first kappa shape index (κ1) is 26.0. The summed E-state index contributed by atoms with van der Waals surface area (Å²) < 4.78 is 8.05. The topological polar surface area (TPSA) is 92.2 Å². The summed E-state index contributed by atoms with van der Waals surface area (Å²) in [5.74, 6) is -0.677. The molecular weight excluding hydrogens is 560 g/mol. The van der Waals surface area contributed by atoms with E-state index in [2.05, 4.69) is 22.9 Å². The van der Waals surface area contributed by atoms with Crippen LogP contribution in [0, 0.1) is 0 Å². The second-order valence-corrected chi connectivity index (χ2v) is 11.5. The van der Waals surface area contributed by atoms with Crippen LogP contribution in [-0.2, 0) is 25.7 Å². The van der Waals surface area contributed by atoms with Gasteiger partial charge in [0.15, 0.2) is 0 Å². The summed E-state index contributed by atoms with van der Waals surface area (Å²) in [6, 6.07) is 6.03. The van der Waals surface area contributed by atoms with Gasteiger partial charge in [0.2, 0.25) is 11.8 Å². The van der Waals surface area contributed by atoms with Crippen molar-refractivity contribution < 1.29 is 23.9 Å². The van der Waals surface area contributed by atoms with Gasteiger partial charge < -0.3 is 19.1 Å². The predicted octanol–water partition coefficient (Wildman–Crippen LogP) is 3.70. The van der Waals surface area contributed by atoms with E-state index in [9.17, 15) is 19.2 Å². The molecule has 4 amide bonds. The van der Waals surface area contributed by atoms with Crippen molar-refractivity contribution >= 4 is 67.6 Å². The minimum Gasteiger partial charge on any atom is -0.378 e. The standard InChI is InChI=1S/C26H29BrN4O5S/c1-17-4-2-3-7-30(17)24(33)15-29-14-18(20-13-19(27)5-6-21(20)29)12-22-25(34)31(26(35)37-22)16-23(32)28-8-10-36-11-9-28/h5-6,12-14,17H,2-4,7-11,15-16H2,1H3/b22-12-/t17-/m1/s1. The van der Waals surface area contributed by atoms with Crippen molar-refractivity contribution in [3.8, 4) is 0 Å². The van der Waals surface area contributed by atoms with E-state index < -0.39 is 11.1 Å². The number of ether oxygens (including phenoxy) is 1. The Labute approximate surface area is 227 Å². The number of aromatic nitrogens is 1. The minimum absolute atomic E-state index is 0.0699. The molecule has 2 aromatic rings. The van der Waals surface area contributed by atoms with Crippen LogP contribution in [0.2, 0.25) is 0 Å². The molecule has 0 bridgehead atoms. The molecule has 3 aliphatic heterocycles. The lowest BCUT2D eigenvalue weighted by molar-refractivity contribution is -0.139. The summed E-state index contributed by atoms with van der Waals surface area (Å²) in [5, 5.41) is 0.405. The van der Waals surface area contributed by atoms with E-state index in [1.807, 2.05) is 33.9 Å². The number of halogens is 1. The monoisotopic (exact) mass is 588 g/mol. The Bertz CT molecular complexity index is 1290. The molecule has 0 aliphatic carbocycles. The average molecular weight is 590 g/mol. The number of thioether (sulfide) groups is 1. The van der Waals surface area contributed by atoms with Gasteiger partial charge in [-0.3, -0.25) is 24.1 Å². The van der Waals surface area contributed by atoms with E-state index >= 15 is 0 Å². The molecular formula is C26H29BrN4O5S. The molecule has 11 heteroatoms. The van der Waals surface area contributed by atoms with Crippen LogP contribution in [0.3, 0.4) is 0 Å². The molecule has 1 aromatic heterocycles. The summed E-state index contributed by atoms with van der Waals surface area (Å²) in [4.78, 5) is 56.4. The molecule has 5 rings (SSSR count). The van der Waals surface area contributed by atoms with Crippen molar-refractivity contribution in [1.29, 1.82) is 0 Å². The number of amides is 4. The maximum atomic E-state index is 13.1. The number of likely N-dealkylation sites (tertiary alicyclic amines) is 1. The summed E-state index contributed by atoms with van der Waals surface area (Å²) in [6.45, 7) is 4.59. The number of morpholine rings is 1. The zero-order chi connectivity index (χ0) is 26.1. The second kappa shape index (κ2) is 11.0. The van der Waals surface area contributed by atoms with Crippen molar-refractivity contribution in [1.82, 2.24) is 19.3 Å². The van der Waals surface area contributed by atoms with Gasteiger partial charge in [-0.25, -0.2) is 0 Å². The lowest BCUT2D eigenvalue weighted by Crippen LogP contribution is -2.46. The number of carbonyl (C=O) groups excluding carboxylic acids is 4. The molecule has 3 aliphatic rings. The lowest BCUT2D eigenvalue weighted by Gasteiger charge is -2.33. The third-order valence-corrected chi connectivity index (χ3v) is 8.52. The molecule has 0 N–H and O–H groups in total. The molecule has 1 atom stereocenters. The van der Waals surface area contributed by atoms with Crippen molar-refractivity contribution in [3.63, 3.8) is 0 Å². The van der Waals surface area contributed by atoms with Crippen LogP contribution in [-0.4, -0.2) is 87.7 Å². The van der Waals surface area contributed by atoms with Gasteiger partial charge in [0.05, 0.1) is 18.1 Å². The van der Waals surface area contributed by atoms with Gasteiger partial charge in [-0.2, -0.15) is 0 Å². The van der Waals surface area contributed by atoms with E-state index in [1.54, 1.807) is 11.0 Å². The van der Waals surface area contributed by atoms with Crippen LogP contribution in [0.1, 0.15) is 31.7 Å². The first-order valence-electron chi connectivity index (χ1n) is 12.5. The van der Waals surface area contributed by atoms with Crippen LogP contribution >= 0.6 is 27.7 Å². The average Bonchev–Trinajstić information content (AvgIpc) is 3.35. The van der Waals surface area contributed by atoms with Crippen molar-refractivity contribution in [2.45, 2.75) is 38.8 Å². The largest absolute Gasteiger partial charge is 0.378 e. The molecule has 0 radical (unpaired) electrons. The number of fused-ring (bicyclic) bond motifs is 1. The van der Waals surface area contributed by atoms with Crippen LogP contribution in [0.5, 0.6) is 0 Å². The third-order valence-electron chi connectivity index (χ3n) is 7.12. The number of carbonyl (C=O) groups is 4. The van der Waals surface area contributed by atoms with Gasteiger partial charge in [-0.05, 0) is 62.2 Å². The number of piperidine rings is 1. The number of benzene rings is 1. The van der Waals surface area contributed by atoms with Gasteiger partial charge >= 0.3 is 0 Å². The quantitative estimate of drug-likeness (QED) is 0.494. The minimum atomic E-state index is -0.481. The number of imide groups is 1. The number of hydrogen-bond donors (Lipinski definition) is 0. The highest BCUT2D eigenvalue weighted by atomic mass is 79.9. The van der Waals surface area contributed by atoms with Crippen LogP contribution < -0.4 is 0 Å². The van der Waals surface area contributed by atoms with Gasteiger partial charge in [0.1, 0.15) is 13.1 Å². The summed E-state index contributed by atoms with van der Waals surface area (Å²) in [7, 11) is 0. The summed E-state index contributed by atoms with van der Waals surface area (Å²) in [6.07, 6.45) is 6.72. The normalized spacial score (nSPS) is 21.9. The van der Waals surface area contributed by atoms with Gasteiger partial charge in [0, 0.05) is 52.8 Å². The molecule has 37 heavy (non-hydrogen) atoms. The molecule has 9 nitrogen and oxygen atoms in total. The number of hydrogen-bond acceptors (Lipinski definition) is 6. The zero-order valence-electron chi connectivity index (χ0n) is 20.7. The SMILES string of the molecule is C[C@@H]1CCCCN1C(=O)Cn1cc(/C=C2\SC(=O)N(CC(=O)N3CCOCC3)C2=O)c2cc(Br)ccc21. The summed E-state index contributed by atoms with van der Waals surface area (Å²) in [5.41, 5.74) is 1.61. The van der Waals surface area contributed by atoms with Crippen LogP contribution in [0.15, 0.2) is 33.8 Å². The Morgan fingerprint density at radius 3 is 2.65 bits per heavy atom. The third kappa shape index (κ3) is 5.49. The van der Waals surface area contributed by atoms with Crippen molar-refractivity contribution in [2.75, 3.05) is 39.4 Å². The fraction of sp³-hybridized carbons (Fsp3) is 0.462. The van der Waals surface area contributed by atoms with E-state index in [4.69, 9.17) is 4.74 Å². The Kier molecular flexibility index (Phi) is 7.73. The highest BCUT2D eigenvalue weighted by Crippen LogP contribution is 2.35. The van der Waals surface area contributed by atoms with E-state index in [-0.39, 0.29) is 35.9 Å². The Morgan fingerprint density at radius 1 is 1.11 bits per heavy atom.